The fourth-order valence-electron chi connectivity index (χ4n) is 5.21. The van der Waals surface area contributed by atoms with E-state index in [1.165, 1.54) is 0 Å². The largest absolute Gasteiger partial charge is 0.460 e. The monoisotopic (exact) mass is 605 g/mol. The van der Waals surface area contributed by atoms with Crippen LogP contribution in [0.25, 0.3) is 11.1 Å². The first kappa shape index (κ1) is 32.0. The predicted octanol–water partition coefficient (Wildman–Crippen LogP) is 6.78. The SMILES string of the molecule is CC(=O)N1c2ccc(-c3ccc(C(=O)NCCOCCC(=O)OC(C)(C)C)cc3)cc2[C@H](Nc2ccc(Cl)cc2)C[C@@H]1C. The second-order valence-electron chi connectivity index (χ2n) is 11.7. The lowest BCUT2D eigenvalue weighted by Crippen LogP contribution is -2.43. The number of carbonyl (C=O) groups excluding carboxylic acids is 3. The Hall–Kier alpha value is -3.88. The molecule has 0 aromatic heterocycles. The second kappa shape index (κ2) is 14.1. The predicted molar refractivity (Wildman–Crippen MR) is 171 cm³/mol. The van der Waals surface area contributed by atoms with Crippen molar-refractivity contribution in [2.75, 3.05) is 30.0 Å². The summed E-state index contributed by atoms with van der Waals surface area (Å²) < 4.78 is 10.7. The van der Waals surface area contributed by atoms with Crippen LogP contribution in [0.3, 0.4) is 0 Å². The molecule has 1 aliphatic rings. The summed E-state index contributed by atoms with van der Waals surface area (Å²) >= 11 is 6.08. The van der Waals surface area contributed by atoms with Gasteiger partial charge in [-0.3, -0.25) is 14.4 Å². The number of fused-ring (bicyclic) bond motifs is 1. The van der Waals surface area contributed by atoms with Crippen molar-refractivity contribution in [3.63, 3.8) is 0 Å². The molecule has 0 aliphatic carbocycles. The number of anilines is 2. The number of esters is 1. The van der Waals surface area contributed by atoms with E-state index >= 15 is 0 Å². The molecule has 0 fully saturated rings. The number of ether oxygens (including phenoxy) is 2. The van der Waals surface area contributed by atoms with Crippen molar-refractivity contribution in [1.29, 1.82) is 0 Å². The summed E-state index contributed by atoms with van der Waals surface area (Å²) in [5.74, 6) is -0.504. The third kappa shape index (κ3) is 8.81. The molecule has 1 heterocycles. The average Bonchev–Trinajstić information content (AvgIpc) is 2.94. The number of carbonyl (C=O) groups is 3. The molecule has 2 amide bonds. The highest BCUT2D eigenvalue weighted by Crippen LogP contribution is 2.41. The molecular formula is C34H40ClN3O5. The molecular weight excluding hydrogens is 566 g/mol. The number of rotatable bonds is 10. The molecule has 0 saturated heterocycles. The van der Waals surface area contributed by atoms with E-state index in [0.717, 1.165) is 34.5 Å². The summed E-state index contributed by atoms with van der Waals surface area (Å²) in [7, 11) is 0. The second-order valence-corrected chi connectivity index (χ2v) is 12.2. The Morgan fingerprint density at radius 1 is 0.953 bits per heavy atom. The number of benzene rings is 3. The number of halogens is 1. The first-order valence-electron chi connectivity index (χ1n) is 14.6. The molecule has 8 nitrogen and oxygen atoms in total. The first-order valence-corrected chi connectivity index (χ1v) is 14.9. The number of amides is 2. The Bertz CT molecular complexity index is 1430. The van der Waals surface area contributed by atoms with E-state index in [1.807, 2.05) is 74.2 Å². The maximum Gasteiger partial charge on any atom is 0.308 e. The van der Waals surface area contributed by atoms with Gasteiger partial charge in [0.2, 0.25) is 5.91 Å². The van der Waals surface area contributed by atoms with Gasteiger partial charge in [-0.1, -0.05) is 29.8 Å². The third-order valence-corrected chi connectivity index (χ3v) is 7.34. The van der Waals surface area contributed by atoms with Gasteiger partial charge in [0.05, 0.1) is 25.7 Å². The highest BCUT2D eigenvalue weighted by Gasteiger charge is 2.32. The minimum Gasteiger partial charge on any atom is -0.460 e. The van der Waals surface area contributed by atoms with Crippen LogP contribution in [0.5, 0.6) is 0 Å². The Morgan fingerprint density at radius 3 is 2.28 bits per heavy atom. The summed E-state index contributed by atoms with van der Waals surface area (Å²) in [4.78, 5) is 38.8. The fraction of sp³-hybridized carbons (Fsp3) is 0.382. The van der Waals surface area contributed by atoms with Gasteiger partial charge in [0.25, 0.3) is 5.91 Å². The van der Waals surface area contributed by atoms with Gasteiger partial charge in [0.1, 0.15) is 5.60 Å². The summed E-state index contributed by atoms with van der Waals surface area (Å²) in [6, 6.07) is 21.2. The molecule has 3 aromatic carbocycles. The van der Waals surface area contributed by atoms with Gasteiger partial charge in [-0.25, -0.2) is 0 Å². The van der Waals surface area contributed by atoms with Gasteiger partial charge < -0.3 is 25.0 Å². The van der Waals surface area contributed by atoms with Crippen LogP contribution in [0.4, 0.5) is 11.4 Å². The van der Waals surface area contributed by atoms with Gasteiger partial charge in [-0.15, -0.1) is 0 Å². The lowest BCUT2D eigenvalue weighted by Gasteiger charge is -2.39. The third-order valence-electron chi connectivity index (χ3n) is 7.09. The molecule has 0 spiro atoms. The van der Waals surface area contributed by atoms with Crippen molar-refractivity contribution in [3.8, 4) is 11.1 Å². The minimum atomic E-state index is -0.520. The maximum absolute atomic E-state index is 12.7. The van der Waals surface area contributed by atoms with Gasteiger partial charge >= 0.3 is 5.97 Å². The van der Waals surface area contributed by atoms with E-state index in [2.05, 4.69) is 23.6 Å². The van der Waals surface area contributed by atoms with Crippen molar-refractivity contribution in [3.05, 3.63) is 82.9 Å². The van der Waals surface area contributed by atoms with E-state index in [9.17, 15) is 14.4 Å². The van der Waals surface area contributed by atoms with Crippen LogP contribution in [-0.4, -0.2) is 49.2 Å². The topological polar surface area (TPSA) is 97.0 Å². The molecule has 2 atom stereocenters. The number of hydrogen-bond donors (Lipinski definition) is 2. The van der Waals surface area contributed by atoms with E-state index in [1.54, 1.807) is 19.1 Å². The van der Waals surface area contributed by atoms with Crippen LogP contribution in [0, 0.1) is 0 Å². The average molecular weight is 606 g/mol. The number of hydrogen-bond acceptors (Lipinski definition) is 6. The lowest BCUT2D eigenvalue weighted by atomic mass is 9.88. The Kier molecular flexibility index (Phi) is 10.5. The number of nitrogens with one attached hydrogen (secondary N) is 2. The zero-order valence-electron chi connectivity index (χ0n) is 25.4. The van der Waals surface area contributed by atoms with Crippen molar-refractivity contribution in [2.24, 2.45) is 0 Å². The van der Waals surface area contributed by atoms with E-state index < -0.39 is 5.60 Å². The zero-order chi connectivity index (χ0) is 31.1. The molecule has 4 rings (SSSR count). The van der Waals surface area contributed by atoms with E-state index in [0.29, 0.717) is 23.7 Å². The highest BCUT2D eigenvalue weighted by molar-refractivity contribution is 6.30. The Labute approximate surface area is 258 Å². The molecule has 0 radical (unpaired) electrons. The van der Waals surface area contributed by atoms with Gasteiger partial charge in [-0.2, -0.15) is 0 Å². The van der Waals surface area contributed by atoms with Gasteiger partial charge in [0.15, 0.2) is 0 Å². The molecule has 0 bridgehead atoms. The Balaban J connectivity index is 1.39. The zero-order valence-corrected chi connectivity index (χ0v) is 26.2. The van der Waals surface area contributed by atoms with E-state index in [4.69, 9.17) is 21.1 Å². The molecule has 2 N–H and O–H groups in total. The fourth-order valence-corrected chi connectivity index (χ4v) is 5.34. The molecule has 228 valence electrons. The molecule has 43 heavy (non-hydrogen) atoms. The van der Waals surface area contributed by atoms with Crippen molar-refractivity contribution >= 4 is 40.8 Å². The standard InChI is InChI=1S/C34H40ClN3O5/c1-22-20-30(37-28-13-11-27(35)12-14-28)29-21-26(10-15-31(29)38(22)23(2)39)24-6-8-25(9-7-24)33(41)36-17-19-42-18-16-32(40)43-34(3,4)5/h6-15,21-22,30,37H,16-20H2,1-5H3,(H,36,41)/t22-,30+/m0/s1. The van der Waals surface area contributed by atoms with Crippen LogP contribution in [0.1, 0.15) is 69.4 Å². The van der Waals surface area contributed by atoms with Crippen LogP contribution in [0.15, 0.2) is 66.7 Å². The summed E-state index contributed by atoms with van der Waals surface area (Å²) in [5.41, 5.74) is 4.86. The van der Waals surface area contributed by atoms with Crippen LogP contribution in [-0.2, 0) is 19.1 Å². The van der Waals surface area contributed by atoms with Crippen molar-refractivity contribution in [1.82, 2.24) is 5.32 Å². The van der Waals surface area contributed by atoms with Crippen LogP contribution in [0.2, 0.25) is 5.02 Å². The quantitative estimate of drug-likeness (QED) is 0.195. The maximum atomic E-state index is 12.7. The first-order chi connectivity index (χ1) is 20.4. The molecule has 0 saturated carbocycles. The summed E-state index contributed by atoms with van der Waals surface area (Å²) in [6.07, 6.45) is 0.918. The van der Waals surface area contributed by atoms with Crippen LogP contribution < -0.4 is 15.5 Å². The summed E-state index contributed by atoms with van der Waals surface area (Å²) in [5, 5.41) is 7.14. The minimum absolute atomic E-state index is 0.00173. The molecule has 0 unspecified atom stereocenters. The lowest BCUT2D eigenvalue weighted by molar-refractivity contribution is -0.156. The van der Waals surface area contributed by atoms with E-state index in [-0.39, 0.29) is 42.9 Å². The number of nitrogens with zero attached hydrogens (tertiary/aromatic N) is 1. The van der Waals surface area contributed by atoms with Gasteiger partial charge in [0, 0.05) is 41.5 Å². The summed E-state index contributed by atoms with van der Waals surface area (Å²) in [6.45, 7) is 9.98. The highest BCUT2D eigenvalue weighted by atomic mass is 35.5. The van der Waals surface area contributed by atoms with Crippen molar-refractivity contribution < 1.29 is 23.9 Å². The molecule has 3 aromatic rings. The molecule has 1 aliphatic heterocycles. The van der Waals surface area contributed by atoms with Crippen molar-refractivity contribution in [2.45, 2.75) is 65.1 Å². The normalized spacial score (nSPS) is 16.3. The smallest absolute Gasteiger partial charge is 0.308 e. The van der Waals surface area contributed by atoms with Gasteiger partial charge in [-0.05, 0) is 99.3 Å². The molecule has 9 heteroatoms. The van der Waals surface area contributed by atoms with Crippen LogP contribution >= 0.6 is 11.6 Å². The Morgan fingerprint density at radius 2 is 1.63 bits per heavy atom.